The Hall–Kier alpha value is -2.28. The Balaban J connectivity index is 2.27. The average Bonchev–Trinajstić information content (AvgIpc) is 2.75. The van der Waals surface area contributed by atoms with E-state index in [1.807, 2.05) is 19.1 Å². The van der Waals surface area contributed by atoms with Crippen LogP contribution < -0.4 is 5.32 Å². The van der Waals surface area contributed by atoms with Crippen molar-refractivity contribution in [3.05, 3.63) is 36.0 Å². The minimum absolute atomic E-state index is 0.0365. The molecule has 1 atom stereocenters. The van der Waals surface area contributed by atoms with Crippen molar-refractivity contribution >= 4 is 12.7 Å². The van der Waals surface area contributed by atoms with Gasteiger partial charge >= 0.3 is 6.03 Å². The van der Waals surface area contributed by atoms with E-state index in [1.54, 1.807) is 11.9 Å². The van der Waals surface area contributed by atoms with Crippen LogP contribution in [0.4, 0.5) is 4.79 Å². The molecule has 1 aliphatic rings. The summed E-state index contributed by atoms with van der Waals surface area (Å²) in [6.07, 6.45) is 12.0. The molecule has 1 rings (SSSR count). The van der Waals surface area contributed by atoms with E-state index in [2.05, 4.69) is 47.1 Å². The Labute approximate surface area is 127 Å². The van der Waals surface area contributed by atoms with Crippen molar-refractivity contribution in [3.8, 4) is 11.8 Å². The summed E-state index contributed by atoms with van der Waals surface area (Å²) in [6, 6.07) is -0.105. The van der Waals surface area contributed by atoms with Gasteiger partial charge in [-0.05, 0) is 25.6 Å². The second kappa shape index (κ2) is 9.60. The van der Waals surface area contributed by atoms with Gasteiger partial charge in [0.25, 0.3) is 0 Å². The molecule has 0 radical (unpaired) electrons. The molecule has 1 aliphatic carbocycles. The predicted octanol–water partition coefficient (Wildman–Crippen LogP) is 2.55. The standard InChI is InChI=1S/C17H23N3O/c1-15(18-2)14-20(3)17(21)19-13-9-8-12-16-10-6-4-5-7-11-16/h4-6,10-11,15H,2,7,12-14H2,1,3H3,(H,19,21)/t15-/m0/s1. The number of nitrogens with zero attached hydrogens (tertiary/aromatic N) is 2. The Kier molecular flexibility index (Phi) is 7.67. The van der Waals surface area contributed by atoms with Crippen molar-refractivity contribution in [2.24, 2.45) is 4.99 Å². The molecule has 0 heterocycles. The summed E-state index contributed by atoms with van der Waals surface area (Å²) in [5.74, 6) is 6.04. The quantitative estimate of drug-likeness (QED) is 0.612. The van der Waals surface area contributed by atoms with E-state index in [9.17, 15) is 4.79 Å². The average molecular weight is 285 g/mol. The normalized spacial score (nSPS) is 14.3. The number of hydrogen-bond donors (Lipinski definition) is 1. The Morgan fingerprint density at radius 1 is 1.52 bits per heavy atom. The van der Waals surface area contributed by atoms with Gasteiger partial charge in [0.1, 0.15) is 0 Å². The highest BCUT2D eigenvalue weighted by Gasteiger charge is 2.09. The first-order chi connectivity index (χ1) is 10.1. The van der Waals surface area contributed by atoms with Crippen LogP contribution in [0, 0.1) is 11.8 Å². The molecule has 2 amide bonds. The minimum atomic E-state index is -0.141. The van der Waals surface area contributed by atoms with E-state index >= 15 is 0 Å². The molecule has 0 fully saturated rings. The van der Waals surface area contributed by atoms with Crippen molar-refractivity contribution in [2.75, 3.05) is 20.1 Å². The van der Waals surface area contributed by atoms with E-state index in [-0.39, 0.29) is 12.1 Å². The highest BCUT2D eigenvalue weighted by molar-refractivity contribution is 5.74. The molecule has 0 saturated heterocycles. The van der Waals surface area contributed by atoms with Gasteiger partial charge in [-0.2, -0.15) is 0 Å². The number of carbonyl (C=O) groups is 1. The SMILES string of the molecule is C=N[C@@H](C)CN(C)C(=O)NCC#CCC1=CCC=CC=C1. The Morgan fingerprint density at radius 3 is 3.10 bits per heavy atom. The molecule has 0 unspecified atom stereocenters. The fraction of sp³-hybridized carbons (Fsp3) is 0.412. The molecule has 0 aromatic rings. The zero-order valence-electron chi connectivity index (χ0n) is 12.8. The summed E-state index contributed by atoms with van der Waals surface area (Å²) in [7, 11) is 1.73. The number of aliphatic imine (C=N–C) groups is 1. The maximum Gasteiger partial charge on any atom is 0.317 e. The zero-order valence-corrected chi connectivity index (χ0v) is 12.8. The van der Waals surface area contributed by atoms with Gasteiger partial charge < -0.3 is 10.2 Å². The molecule has 0 aromatic heterocycles. The van der Waals surface area contributed by atoms with Crippen LogP contribution in [0.1, 0.15) is 19.8 Å². The van der Waals surface area contributed by atoms with E-state index < -0.39 is 0 Å². The number of likely N-dealkylation sites (N-methyl/N-ethyl adjacent to an activating group) is 1. The summed E-state index contributed by atoms with van der Waals surface area (Å²) in [5, 5.41) is 2.76. The third-order valence-corrected chi connectivity index (χ3v) is 3.02. The van der Waals surface area contributed by atoms with Gasteiger partial charge in [0.05, 0.1) is 12.6 Å². The third-order valence-electron chi connectivity index (χ3n) is 3.02. The van der Waals surface area contributed by atoms with Gasteiger partial charge in [0, 0.05) is 20.0 Å². The topological polar surface area (TPSA) is 44.7 Å². The molecule has 112 valence electrons. The van der Waals surface area contributed by atoms with Crippen molar-refractivity contribution in [3.63, 3.8) is 0 Å². The molecule has 0 aromatic carbocycles. The smallest absolute Gasteiger partial charge is 0.317 e. The number of allylic oxidation sites excluding steroid dienone is 6. The van der Waals surface area contributed by atoms with Crippen molar-refractivity contribution in [1.82, 2.24) is 10.2 Å². The second-order valence-corrected chi connectivity index (χ2v) is 4.90. The van der Waals surface area contributed by atoms with Crippen molar-refractivity contribution < 1.29 is 4.79 Å². The summed E-state index contributed by atoms with van der Waals surface area (Å²) >= 11 is 0. The zero-order chi connectivity index (χ0) is 15.5. The summed E-state index contributed by atoms with van der Waals surface area (Å²) in [5.41, 5.74) is 1.21. The minimum Gasteiger partial charge on any atom is -0.327 e. The third kappa shape index (κ3) is 7.17. The summed E-state index contributed by atoms with van der Waals surface area (Å²) < 4.78 is 0. The summed E-state index contributed by atoms with van der Waals surface area (Å²) in [4.78, 5) is 17.2. The van der Waals surface area contributed by atoms with Crippen LogP contribution in [-0.4, -0.2) is 43.8 Å². The molecule has 4 nitrogen and oxygen atoms in total. The molecule has 0 spiro atoms. The number of rotatable bonds is 5. The molecule has 0 bridgehead atoms. The van der Waals surface area contributed by atoms with Crippen molar-refractivity contribution in [1.29, 1.82) is 0 Å². The molecular weight excluding hydrogens is 262 g/mol. The first kappa shape index (κ1) is 16.8. The second-order valence-electron chi connectivity index (χ2n) is 4.90. The van der Waals surface area contributed by atoms with Gasteiger partial charge in [0.15, 0.2) is 0 Å². The van der Waals surface area contributed by atoms with Crippen LogP contribution in [0.15, 0.2) is 40.9 Å². The van der Waals surface area contributed by atoms with Gasteiger partial charge in [-0.15, -0.1) is 0 Å². The number of hydrogen-bond acceptors (Lipinski definition) is 2. The van der Waals surface area contributed by atoms with E-state index in [1.165, 1.54) is 5.57 Å². The molecule has 21 heavy (non-hydrogen) atoms. The molecule has 0 saturated carbocycles. The first-order valence-electron chi connectivity index (χ1n) is 7.06. The van der Waals surface area contributed by atoms with Gasteiger partial charge in [0.2, 0.25) is 0 Å². The predicted molar refractivity (Wildman–Crippen MR) is 88.4 cm³/mol. The lowest BCUT2D eigenvalue weighted by Gasteiger charge is -2.18. The Bertz CT molecular complexity index is 506. The lowest BCUT2D eigenvalue weighted by Crippen LogP contribution is -2.40. The summed E-state index contributed by atoms with van der Waals surface area (Å²) in [6.45, 7) is 6.29. The van der Waals surface area contributed by atoms with Crippen LogP contribution >= 0.6 is 0 Å². The molecule has 1 N–H and O–H groups in total. The van der Waals surface area contributed by atoms with Gasteiger partial charge in [-0.25, -0.2) is 4.79 Å². The van der Waals surface area contributed by atoms with Gasteiger partial charge in [-0.1, -0.05) is 42.2 Å². The lowest BCUT2D eigenvalue weighted by molar-refractivity contribution is 0.208. The molecule has 0 aliphatic heterocycles. The lowest BCUT2D eigenvalue weighted by atomic mass is 10.1. The molecular formula is C17H23N3O. The van der Waals surface area contributed by atoms with Crippen molar-refractivity contribution in [2.45, 2.75) is 25.8 Å². The number of urea groups is 1. The highest BCUT2D eigenvalue weighted by Crippen LogP contribution is 2.07. The Morgan fingerprint density at radius 2 is 2.33 bits per heavy atom. The van der Waals surface area contributed by atoms with Crippen LogP contribution in [0.25, 0.3) is 0 Å². The number of carbonyl (C=O) groups excluding carboxylic acids is 1. The monoisotopic (exact) mass is 285 g/mol. The fourth-order valence-electron chi connectivity index (χ4n) is 1.77. The maximum absolute atomic E-state index is 11.8. The van der Waals surface area contributed by atoms with Crippen LogP contribution in [0.5, 0.6) is 0 Å². The van der Waals surface area contributed by atoms with Crippen LogP contribution in [0.2, 0.25) is 0 Å². The fourth-order valence-corrected chi connectivity index (χ4v) is 1.77. The first-order valence-corrected chi connectivity index (χ1v) is 7.06. The van der Waals surface area contributed by atoms with Gasteiger partial charge in [-0.3, -0.25) is 4.99 Å². The maximum atomic E-state index is 11.8. The van der Waals surface area contributed by atoms with E-state index in [4.69, 9.17) is 0 Å². The van der Waals surface area contributed by atoms with E-state index in [0.29, 0.717) is 19.5 Å². The number of nitrogens with one attached hydrogen (secondary N) is 1. The largest absolute Gasteiger partial charge is 0.327 e. The number of amides is 2. The molecule has 4 heteroatoms. The van der Waals surface area contributed by atoms with Crippen LogP contribution in [-0.2, 0) is 0 Å². The van der Waals surface area contributed by atoms with E-state index in [0.717, 1.165) is 6.42 Å². The van der Waals surface area contributed by atoms with Crippen LogP contribution in [0.3, 0.4) is 0 Å². The highest BCUT2D eigenvalue weighted by atomic mass is 16.2.